The van der Waals surface area contributed by atoms with E-state index >= 15 is 0 Å². The van der Waals surface area contributed by atoms with Crippen LogP contribution in [0.5, 0.6) is 0 Å². The van der Waals surface area contributed by atoms with Crippen molar-refractivity contribution in [2.24, 2.45) is 0 Å². The van der Waals surface area contributed by atoms with E-state index in [4.69, 9.17) is 0 Å². The summed E-state index contributed by atoms with van der Waals surface area (Å²) >= 11 is 1.93. The zero-order valence-corrected chi connectivity index (χ0v) is 36.8. The van der Waals surface area contributed by atoms with Crippen LogP contribution in [0.3, 0.4) is 0 Å². The van der Waals surface area contributed by atoms with Crippen molar-refractivity contribution < 1.29 is 0 Å². The van der Waals surface area contributed by atoms with E-state index in [1.54, 1.807) is 0 Å². The van der Waals surface area contributed by atoms with E-state index in [0.717, 1.165) is 12.8 Å². The molecule has 296 valence electrons. The smallest absolute Gasteiger partial charge is 0.0434 e. The first kappa shape index (κ1) is 37.7. The quantitative estimate of drug-likeness (QED) is 0.156. The van der Waals surface area contributed by atoms with Crippen molar-refractivity contribution in [3.05, 3.63) is 187 Å². The zero-order chi connectivity index (χ0) is 41.6. The van der Waals surface area contributed by atoms with Gasteiger partial charge in [0.1, 0.15) is 0 Å². The fraction of sp³-hybridized carbons (Fsp3) is 0.167. The largest absolute Gasteiger partial charge is 0.135 e. The summed E-state index contributed by atoms with van der Waals surface area (Å²) in [6.45, 7) is 14.0. The zero-order valence-electron chi connectivity index (χ0n) is 36.0. The lowest BCUT2D eigenvalue weighted by molar-refractivity contribution is 0.569. The number of allylic oxidation sites excluding steroid dienone is 4. The number of benzene rings is 9. The molecule has 0 unspecified atom stereocenters. The second kappa shape index (κ2) is 14.2. The van der Waals surface area contributed by atoms with Crippen LogP contribution < -0.4 is 0 Å². The minimum absolute atomic E-state index is 0.0222. The Bertz CT molecular complexity index is 3330. The summed E-state index contributed by atoms with van der Waals surface area (Å²) in [7, 11) is 0. The molecule has 0 amide bonds. The topological polar surface area (TPSA) is 0 Å². The number of hydrogen-bond donors (Lipinski definition) is 0. The Labute approximate surface area is 363 Å². The van der Waals surface area contributed by atoms with Crippen molar-refractivity contribution in [3.63, 3.8) is 0 Å². The minimum atomic E-state index is 0.0222. The molecule has 1 heteroatoms. The Morgan fingerprint density at radius 3 is 1.38 bits per heavy atom. The Morgan fingerprint density at radius 2 is 0.885 bits per heavy atom. The second-order valence-electron chi connectivity index (χ2n) is 19.1. The van der Waals surface area contributed by atoms with Crippen LogP contribution in [0.25, 0.3) is 102 Å². The van der Waals surface area contributed by atoms with E-state index in [9.17, 15) is 0 Å². The standard InChI is InChI=1S/C60H50S/c1-59(2,3)40-33-39(34-41(36-40)60(4,5)6)56-44-23-12-10-21-42(44)55(43-22-11-13-24-45(43)56)38-31-32-53-52(35-38)50-29-18-30-51(58(50)61-53)57-48-27-16-14-25-46(48)54(37-19-8-7-9-20-37)47-26-15-17-28-49(47)57/h7-8,10-19,21-36H,9,20H2,1-6H3. The maximum atomic E-state index is 2.48. The van der Waals surface area contributed by atoms with Crippen molar-refractivity contribution in [2.75, 3.05) is 0 Å². The van der Waals surface area contributed by atoms with Crippen LogP contribution in [0.1, 0.15) is 71.1 Å². The summed E-state index contributed by atoms with van der Waals surface area (Å²) in [6.07, 6.45) is 8.99. The van der Waals surface area contributed by atoms with Crippen molar-refractivity contribution in [2.45, 2.75) is 65.2 Å². The molecule has 0 spiro atoms. The maximum absolute atomic E-state index is 2.48. The van der Waals surface area contributed by atoms with Crippen molar-refractivity contribution in [1.82, 2.24) is 0 Å². The van der Waals surface area contributed by atoms with Crippen LogP contribution in [0, 0.1) is 0 Å². The monoisotopic (exact) mass is 802 g/mol. The number of rotatable bonds is 4. The molecule has 1 aliphatic rings. The van der Waals surface area contributed by atoms with Crippen molar-refractivity contribution >= 4 is 80.2 Å². The Morgan fingerprint density at radius 1 is 0.410 bits per heavy atom. The van der Waals surface area contributed by atoms with Crippen LogP contribution in [0.2, 0.25) is 0 Å². The van der Waals surface area contributed by atoms with Crippen LogP contribution in [0.4, 0.5) is 0 Å². The van der Waals surface area contributed by atoms with Gasteiger partial charge in [-0.3, -0.25) is 0 Å². The fourth-order valence-electron chi connectivity index (χ4n) is 10.1. The molecule has 1 aromatic heterocycles. The predicted octanol–water partition coefficient (Wildman–Crippen LogP) is 18.0. The molecule has 9 aromatic carbocycles. The van der Waals surface area contributed by atoms with E-state index in [1.165, 1.54) is 119 Å². The summed E-state index contributed by atoms with van der Waals surface area (Å²) in [4.78, 5) is 0. The fourth-order valence-corrected chi connectivity index (χ4v) is 11.3. The highest BCUT2D eigenvalue weighted by atomic mass is 32.1. The van der Waals surface area contributed by atoms with Gasteiger partial charge in [-0.05, 0) is 129 Å². The highest BCUT2D eigenvalue weighted by Gasteiger charge is 2.25. The van der Waals surface area contributed by atoms with Gasteiger partial charge in [0.15, 0.2) is 0 Å². The van der Waals surface area contributed by atoms with Gasteiger partial charge in [0, 0.05) is 25.7 Å². The third kappa shape index (κ3) is 6.16. The van der Waals surface area contributed by atoms with E-state index in [2.05, 4.69) is 211 Å². The third-order valence-electron chi connectivity index (χ3n) is 13.2. The van der Waals surface area contributed by atoms with Gasteiger partial charge in [-0.2, -0.15) is 0 Å². The normalized spacial score (nSPS) is 13.6. The van der Waals surface area contributed by atoms with Crippen molar-refractivity contribution in [1.29, 1.82) is 0 Å². The lowest BCUT2D eigenvalue weighted by Gasteiger charge is -2.27. The van der Waals surface area contributed by atoms with Crippen LogP contribution >= 0.6 is 11.3 Å². The first-order valence-electron chi connectivity index (χ1n) is 21.9. The summed E-state index contributed by atoms with van der Waals surface area (Å²) in [5.41, 5.74) is 13.4. The predicted molar refractivity (Wildman–Crippen MR) is 269 cm³/mol. The van der Waals surface area contributed by atoms with Gasteiger partial charge in [-0.1, -0.05) is 199 Å². The van der Waals surface area contributed by atoms with Gasteiger partial charge in [0.2, 0.25) is 0 Å². The molecule has 1 aliphatic carbocycles. The SMILES string of the molecule is CC(C)(C)c1cc(-c2c3ccccc3c(-c3ccc4sc5c(-c6c7ccccc7c(C7=CC=CCC7)c7ccccc67)cccc5c4c3)c3ccccc23)cc(C(C)(C)C)c1. The molecule has 0 atom stereocenters. The molecule has 0 N–H and O–H groups in total. The Kier molecular flexibility index (Phi) is 8.75. The minimum Gasteiger partial charge on any atom is -0.135 e. The summed E-state index contributed by atoms with van der Waals surface area (Å²) in [5.74, 6) is 0. The molecule has 0 saturated carbocycles. The lowest BCUT2D eigenvalue weighted by atomic mass is 9.77. The molecule has 0 bridgehead atoms. The van der Waals surface area contributed by atoms with Crippen molar-refractivity contribution in [3.8, 4) is 33.4 Å². The molecule has 61 heavy (non-hydrogen) atoms. The average Bonchev–Trinajstić information content (AvgIpc) is 3.65. The van der Waals surface area contributed by atoms with E-state index < -0.39 is 0 Å². The van der Waals surface area contributed by atoms with Crippen LogP contribution in [-0.2, 0) is 10.8 Å². The molecule has 0 nitrogen and oxygen atoms in total. The molecule has 0 saturated heterocycles. The first-order chi connectivity index (χ1) is 29.5. The van der Waals surface area contributed by atoms with E-state index in [0.29, 0.717) is 0 Å². The van der Waals surface area contributed by atoms with Gasteiger partial charge in [-0.25, -0.2) is 0 Å². The van der Waals surface area contributed by atoms with Gasteiger partial charge in [-0.15, -0.1) is 11.3 Å². The highest BCUT2D eigenvalue weighted by Crippen LogP contribution is 2.50. The van der Waals surface area contributed by atoms with Gasteiger partial charge in [0.25, 0.3) is 0 Å². The summed E-state index contributed by atoms with van der Waals surface area (Å²) < 4.78 is 2.66. The molecule has 0 radical (unpaired) electrons. The molecular weight excluding hydrogens is 753 g/mol. The lowest BCUT2D eigenvalue weighted by Crippen LogP contribution is -2.16. The number of hydrogen-bond acceptors (Lipinski definition) is 1. The maximum Gasteiger partial charge on any atom is 0.0434 e. The Balaban J connectivity index is 1.15. The van der Waals surface area contributed by atoms with Gasteiger partial charge in [0.05, 0.1) is 0 Å². The van der Waals surface area contributed by atoms with Gasteiger partial charge >= 0.3 is 0 Å². The molecule has 0 fully saturated rings. The third-order valence-corrected chi connectivity index (χ3v) is 14.4. The van der Waals surface area contributed by atoms with Gasteiger partial charge < -0.3 is 0 Å². The summed E-state index contributed by atoms with van der Waals surface area (Å²) in [6, 6.07) is 57.9. The average molecular weight is 803 g/mol. The van der Waals surface area contributed by atoms with E-state index in [1.807, 2.05) is 11.3 Å². The molecule has 10 aromatic rings. The molecule has 11 rings (SSSR count). The summed E-state index contributed by atoms with van der Waals surface area (Å²) in [5, 5.41) is 13.1. The van der Waals surface area contributed by atoms with Crippen LogP contribution in [-0.4, -0.2) is 0 Å². The second-order valence-corrected chi connectivity index (χ2v) is 20.2. The molecule has 1 heterocycles. The number of fused-ring (bicyclic) bond motifs is 7. The van der Waals surface area contributed by atoms with Crippen LogP contribution in [0.15, 0.2) is 170 Å². The number of thiophene rings is 1. The molecular formula is C60H50S. The highest BCUT2D eigenvalue weighted by molar-refractivity contribution is 7.26. The first-order valence-corrected chi connectivity index (χ1v) is 22.7. The van der Waals surface area contributed by atoms with E-state index in [-0.39, 0.29) is 10.8 Å². The molecule has 0 aliphatic heterocycles. The Hall–Kier alpha value is -6.28.